The Labute approximate surface area is 165 Å². The smallest absolute Gasteiger partial charge is 0.322 e. The SMILES string of the molecule is CCC(C)C(NS(=O)(=O)c1ccc2sc3cc([N+](=O)[O-])ccc3c2c1)C(=O)O. The number of rotatable bonds is 7. The number of carboxylic acids is 1. The number of carboxylic acid groups (broad SMARTS) is 1. The Morgan fingerprint density at radius 3 is 2.54 bits per heavy atom. The van der Waals surface area contributed by atoms with Crippen LogP contribution in [0.4, 0.5) is 5.69 Å². The summed E-state index contributed by atoms with van der Waals surface area (Å²) in [5.74, 6) is -1.61. The second-order valence-electron chi connectivity index (χ2n) is 6.52. The second kappa shape index (κ2) is 7.46. The van der Waals surface area contributed by atoms with Crippen LogP contribution in [-0.2, 0) is 14.8 Å². The summed E-state index contributed by atoms with van der Waals surface area (Å²) >= 11 is 1.33. The third kappa shape index (κ3) is 3.71. The molecule has 0 saturated heterocycles. The van der Waals surface area contributed by atoms with Gasteiger partial charge in [-0.3, -0.25) is 14.9 Å². The maximum absolute atomic E-state index is 12.8. The van der Waals surface area contributed by atoms with Crippen molar-refractivity contribution in [3.05, 3.63) is 46.5 Å². The van der Waals surface area contributed by atoms with Crippen LogP contribution >= 0.6 is 11.3 Å². The summed E-state index contributed by atoms with van der Waals surface area (Å²) in [6.07, 6.45) is 0.506. The standard InChI is InChI=1S/C18H18N2O6S2/c1-3-10(2)17(18(21)22)19-28(25,26)12-5-7-15-14(9-12)13-6-4-11(20(23)24)8-16(13)27-15/h4-10,17,19H,3H2,1-2H3,(H,21,22). The molecule has 3 aromatic rings. The average molecular weight is 422 g/mol. The van der Waals surface area contributed by atoms with Gasteiger partial charge in [-0.15, -0.1) is 11.3 Å². The van der Waals surface area contributed by atoms with Crippen molar-refractivity contribution in [2.24, 2.45) is 5.92 Å². The van der Waals surface area contributed by atoms with Crippen LogP contribution in [0.25, 0.3) is 20.2 Å². The van der Waals surface area contributed by atoms with Crippen molar-refractivity contribution in [2.45, 2.75) is 31.2 Å². The first-order valence-corrected chi connectivity index (χ1v) is 10.8. The molecular weight excluding hydrogens is 404 g/mol. The lowest BCUT2D eigenvalue weighted by Crippen LogP contribution is -2.44. The van der Waals surface area contributed by atoms with E-state index in [-0.39, 0.29) is 16.5 Å². The lowest BCUT2D eigenvalue weighted by Gasteiger charge is -2.20. The lowest BCUT2D eigenvalue weighted by atomic mass is 10.0. The van der Waals surface area contributed by atoms with Gasteiger partial charge < -0.3 is 5.11 Å². The number of hydrogen-bond acceptors (Lipinski definition) is 6. The number of nitro groups is 1. The van der Waals surface area contributed by atoms with Crippen molar-refractivity contribution < 1.29 is 23.2 Å². The molecule has 2 N–H and O–H groups in total. The molecule has 8 nitrogen and oxygen atoms in total. The molecule has 28 heavy (non-hydrogen) atoms. The third-order valence-corrected chi connectivity index (χ3v) is 7.28. The molecule has 148 valence electrons. The van der Waals surface area contributed by atoms with Gasteiger partial charge in [0, 0.05) is 32.3 Å². The molecule has 0 saturated carbocycles. The van der Waals surface area contributed by atoms with E-state index in [1.165, 1.54) is 35.6 Å². The molecule has 0 aliphatic heterocycles. The topological polar surface area (TPSA) is 127 Å². The van der Waals surface area contributed by atoms with E-state index in [4.69, 9.17) is 0 Å². The highest BCUT2D eigenvalue weighted by Gasteiger charge is 2.29. The molecule has 2 unspecified atom stereocenters. The molecule has 2 aromatic carbocycles. The van der Waals surface area contributed by atoms with E-state index in [2.05, 4.69) is 4.72 Å². The van der Waals surface area contributed by atoms with E-state index in [0.717, 1.165) is 4.70 Å². The van der Waals surface area contributed by atoms with Crippen LogP contribution in [0, 0.1) is 16.0 Å². The zero-order chi connectivity index (χ0) is 20.6. The quantitative estimate of drug-likeness (QED) is 0.441. The third-order valence-electron chi connectivity index (χ3n) is 4.71. The maximum atomic E-state index is 12.8. The normalized spacial score (nSPS) is 14.2. The van der Waals surface area contributed by atoms with E-state index >= 15 is 0 Å². The van der Waals surface area contributed by atoms with Crippen LogP contribution in [0.15, 0.2) is 41.3 Å². The number of benzene rings is 2. The van der Waals surface area contributed by atoms with E-state index in [1.807, 2.05) is 0 Å². The molecule has 0 aliphatic carbocycles. The Kier molecular flexibility index (Phi) is 5.37. The number of aliphatic carboxylic acids is 1. The van der Waals surface area contributed by atoms with Crippen LogP contribution in [-0.4, -0.2) is 30.5 Å². The van der Waals surface area contributed by atoms with Crippen molar-refractivity contribution in [3.8, 4) is 0 Å². The molecule has 0 radical (unpaired) electrons. The molecular formula is C18H18N2O6S2. The zero-order valence-corrected chi connectivity index (χ0v) is 16.7. The molecule has 10 heteroatoms. The van der Waals surface area contributed by atoms with Gasteiger partial charge in [0.1, 0.15) is 6.04 Å². The summed E-state index contributed by atoms with van der Waals surface area (Å²) < 4.78 is 29.2. The van der Waals surface area contributed by atoms with Crippen LogP contribution in [0.3, 0.4) is 0 Å². The minimum absolute atomic E-state index is 0.0357. The number of nitro benzene ring substituents is 1. The summed E-state index contributed by atoms with van der Waals surface area (Å²) in [6.45, 7) is 3.46. The van der Waals surface area contributed by atoms with Crippen LogP contribution < -0.4 is 4.72 Å². The van der Waals surface area contributed by atoms with Gasteiger partial charge >= 0.3 is 5.97 Å². The number of non-ortho nitro benzene ring substituents is 1. The molecule has 0 fully saturated rings. The van der Waals surface area contributed by atoms with Crippen molar-refractivity contribution in [1.29, 1.82) is 0 Å². The molecule has 1 aromatic heterocycles. The Hall–Kier alpha value is -2.56. The molecule has 0 aliphatic rings. The minimum atomic E-state index is -4.05. The lowest BCUT2D eigenvalue weighted by molar-refractivity contribution is -0.384. The molecule has 3 rings (SSSR count). The summed E-state index contributed by atoms with van der Waals surface area (Å²) in [4.78, 5) is 21.9. The predicted octanol–water partition coefficient (Wildman–Crippen LogP) is 3.74. The van der Waals surface area contributed by atoms with Gasteiger partial charge in [0.25, 0.3) is 5.69 Å². The van der Waals surface area contributed by atoms with Gasteiger partial charge in [-0.25, -0.2) is 8.42 Å². The highest BCUT2D eigenvalue weighted by Crippen LogP contribution is 2.36. The number of thiophene rings is 1. The van der Waals surface area contributed by atoms with Gasteiger partial charge in [-0.05, 0) is 30.2 Å². The van der Waals surface area contributed by atoms with Crippen molar-refractivity contribution in [2.75, 3.05) is 0 Å². The molecule has 0 spiro atoms. The summed E-state index contributed by atoms with van der Waals surface area (Å²) in [5.41, 5.74) is -0.0357. The number of fused-ring (bicyclic) bond motifs is 3. The molecule has 1 heterocycles. The van der Waals surface area contributed by atoms with E-state index < -0.39 is 27.0 Å². The van der Waals surface area contributed by atoms with Crippen LogP contribution in [0.5, 0.6) is 0 Å². The highest BCUT2D eigenvalue weighted by molar-refractivity contribution is 7.89. The van der Waals surface area contributed by atoms with E-state index in [9.17, 15) is 28.4 Å². The first-order chi connectivity index (χ1) is 13.1. The molecule has 0 bridgehead atoms. The zero-order valence-electron chi connectivity index (χ0n) is 15.1. The van der Waals surface area contributed by atoms with Gasteiger partial charge in [0.05, 0.1) is 9.82 Å². The first kappa shape index (κ1) is 20.2. The van der Waals surface area contributed by atoms with Crippen LogP contribution in [0.1, 0.15) is 20.3 Å². The average Bonchev–Trinajstić information content (AvgIpc) is 3.02. The Balaban J connectivity index is 2.06. The van der Waals surface area contributed by atoms with Gasteiger partial charge in [-0.1, -0.05) is 20.3 Å². The second-order valence-corrected chi connectivity index (χ2v) is 9.32. The number of nitrogens with zero attached hydrogens (tertiary/aromatic N) is 1. The Morgan fingerprint density at radius 1 is 1.21 bits per heavy atom. The Morgan fingerprint density at radius 2 is 1.93 bits per heavy atom. The maximum Gasteiger partial charge on any atom is 0.322 e. The molecule has 2 atom stereocenters. The van der Waals surface area contributed by atoms with E-state index in [0.29, 0.717) is 21.9 Å². The largest absolute Gasteiger partial charge is 0.480 e. The molecule has 0 amide bonds. The number of carbonyl (C=O) groups is 1. The fourth-order valence-electron chi connectivity index (χ4n) is 2.91. The van der Waals surface area contributed by atoms with Crippen molar-refractivity contribution in [3.63, 3.8) is 0 Å². The number of hydrogen-bond donors (Lipinski definition) is 2. The summed E-state index contributed by atoms with van der Waals surface area (Å²) in [6, 6.07) is 7.69. The fraction of sp³-hybridized carbons (Fsp3) is 0.278. The monoisotopic (exact) mass is 422 g/mol. The van der Waals surface area contributed by atoms with Gasteiger partial charge in [-0.2, -0.15) is 4.72 Å². The first-order valence-electron chi connectivity index (χ1n) is 8.50. The van der Waals surface area contributed by atoms with Gasteiger partial charge in [0.2, 0.25) is 10.0 Å². The number of nitrogens with one attached hydrogen (secondary N) is 1. The Bertz CT molecular complexity index is 1190. The van der Waals surface area contributed by atoms with E-state index in [1.54, 1.807) is 26.0 Å². The number of sulfonamides is 1. The minimum Gasteiger partial charge on any atom is -0.480 e. The summed E-state index contributed by atoms with van der Waals surface area (Å²) in [7, 11) is -4.05. The summed E-state index contributed by atoms with van der Waals surface area (Å²) in [5, 5.41) is 21.7. The van der Waals surface area contributed by atoms with Gasteiger partial charge in [0.15, 0.2) is 0 Å². The van der Waals surface area contributed by atoms with Crippen molar-refractivity contribution >= 4 is 53.2 Å². The highest BCUT2D eigenvalue weighted by atomic mass is 32.2. The van der Waals surface area contributed by atoms with Crippen molar-refractivity contribution in [1.82, 2.24) is 4.72 Å². The van der Waals surface area contributed by atoms with Crippen LogP contribution in [0.2, 0.25) is 0 Å². The fourth-order valence-corrected chi connectivity index (χ4v) is 5.35. The predicted molar refractivity (Wildman–Crippen MR) is 107 cm³/mol.